The summed E-state index contributed by atoms with van der Waals surface area (Å²) in [5.74, 6) is 0.648. The summed E-state index contributed by atoms with van der Waals surface area (Å²) >= 11 is 0. The van der Waals surface area contributed by atoms with Gasteiger partial charge in [0.15, 0.2) is 0 Å². The zero-order valence-corrected chi connectivity index (χ0v) is 7.76. The van der Waals surface area contributed by atoms with Gasteiger partial charge in [-0.05, 0) is 32.6 Å². The highest BCUT2D eigenvalue weighted by Gasteiger charge is 1.97. The molecule has 0 aliphatic rings. The molecule has 0 amide bonds. The minimum absolute atomic E-state index is 0.648. The third kappa shape index (κ3) is 7.31. The average molecular weight is 154 g/mol. The Labute approximate surface area is 69.5 Å². The molecular formula is C10H18O. The van der Waals surface area contributed by atoms with Gasteiger partial charge in [-0.2, -0.15) is 0 Å². The third-order valence-electron chi connectivity index (χ3n) is 1.71. The Balaban J connectivity index is 3.44. The topological polar surface area (TPSA) is 17.1 Å². The standard InChI is InChI=1S/C10H18O/c1-9(2)6-7-10(3)5-4-8-11/h6,8,10H,4-5,7H2,1-3H3. The van der Waals surface area contributed by atoms with Crippen LogP contribution in [0.25, 0.3) is 0 Å². The van der Waals surface area contributed by atoms with Gasteiger partial charge in [-0.3, -0.25) is 0 Å². The number of carbonyl (C=O) groups excluding carboxylic acids is 1. The minimum atomic E-state index is 0.648. The van der Waals surface area contributed by atoms with Crippen molar-refractivity contribution in [2.45, 2.75) is 40.0 Å². The van der Waals surface area contributed by atoms with E-state index in [1.54, 1.807) is 0 Å². The van der Waals surface area contributed by atoms with Crippen LogP contribution in [0.3, 0.4) is 0 Å². The Morgan fingerprint density at radius 1 is 1.45 bits per heavy atom. The zero-order chi connectivity index (χ0) is 8.69. The van der Waals surface area contributed by atoms with Crippen LogP contribution in [-0.4, -0.2) is 6.29 Å². The van der Waals surface area contributed by atoms with Crippen LogP contribution in [0, 0.1) is 5.92 Å². The van der Waals surface area contributed by atoms with Crippen molar-refractivity contribution in [1.82, 2.24) is 0 Å². The molecule has 0 spiro atoms. The molecule has 64 valence electrons. The van der Waals surface area contributed by atoms with Crippen LogP contribution < -0.4 is 0 Å². The number of hydrogen-bond donors (Lipinski definition) is 0. The summed E-state index contributed by atoms with van der Waals surface area (Å²) in [4.78, 5) is 10.0. The lowest BCUT2D eigenvalue weighted by atomic mass is 10.0. The van der Waals surface area contributed by atoms with Crippen molar-refractivity contribution in [3.8, 4) is 0 Å². The number of allylic oxidation sites excluding steroid dienone is 2. The molecule has 0 aromatic heterocycles. The van der Waals surface area contributed by atoms with E-state index in [4.69, 9.17) is 0 Å². The molecule has 0 aliphatic heterocycles. The van der Waals surface area contributed by atoms with E-state index in [-0.39, 0.29) is 0 Å². The highest BCUT2D eigenvalue weighted by molar-refractivity contribution is 5.49. The highest BCUT2D eigenvalue weighted by atomic mass is 16.1. The van der Waals surface area contributed by atoms with Crippen LogP contribution in [0.1, 0.15) is 40.0 Å². The van der Waals surface area contributed by atoms with Crippen molar-refractivity contribution in [3.05, 3.63) is 11.6 Å². The molecule has 0 aromatic carbocycles. The van der Waals surface area contributed by atoms with E-state index in [2.05, 4.69) is 26.8 Å². The SMILES string of the molecule is CC(C)=CCC(C)CCC=O. The third-order valence-corrected chi connectivity index (χ3v) is 1.71. The van der Waals surface area contributed by atoms with Crippen LogP contribution in [0.5, 0.6) is 0 Å². The van der Waals surface area contributed by atoms with E-state index in [0.29, 0.717) is 12.3 Å². The maximum atomic E-state index is 10.0. The van der Waals surface area contributed by atoms with E-state index < -0.39 is 0 Å². The van der Waals surface area contributed by atoms with Crippen molar-refractivity contribution < 1.29 is 4.79 Å². The van der Waals surface area contributed by atoms with Gasteiger partial charge in [-0.1, -0.05) is 18.6 Å². The highest BCUT2D eigenvalue weighted by Crippen LogP contribution is 2.10. The Hall–Kier alpha value is -0.590. The molecule has 1 atom stereocenters. The summed E-state index contributed by atoms with van der Waals surface area (Å²) in [7, 11) is 0. The summed E-state index contributed by atoms with van der Waals surface area (Å²) in [6, 6.07) is 0. The fourth-order valence-corrected chi connectivity index (χ4v) is 0.907. The van der Waals surface area contributed by atoms with Crippen molar-refractivity contribution in [3.63, 3.8) is 0 Å². The van der Waals surface area contributed by atoms with Crippen LogP contribution >= 0.6 is 0 Å². The van der Waals surface area contributed by atoms with E-state index >= 15 is 0 Å². The molecule has 0 heterocycles. The first-order valence-corrected chi connectivity index (χ1v) is 4.23. The molecule has 11 heavy (non-hydrogen) atoms. The molecule has 0 radical (unpaired) electrons. The van der Waals surface area contributed by atoms with Crippen molar-refractivity contribution >= 4 is 6.29 Å². The predicted octanol–water partition coefficient (Wildman–Crippen LogP) is 2.96. The lowest BCUT2D eigenvalue weighted by molar-refractivity contribution is -0.108. The van der Waals surface area contributed by atoms with Crippen LogP contribution in [0.15, 0.2) is 11.6 Å². The largest absolute Gasteiger partial charge is 0.303 e. The normalized spacial score (nSPS) is 12.3. The van der Waals surface area contributed by atoms with E-state index in [1.807, 2.05) is 0 Å². The molecular weight excluding hydrogens is 136 g/mol. The molecule has 0 N–H and O–H groups in total. The van der Waals surface area contributed by atoms with Crippen LogP contribution in [-0.2, 0) is 4.79 Å². The van der Waals surface area contributed by atoms with Gasteiger partial charge in [-0.15, -0.1) is 0 Å². The quantitative estimate of drug-likeness (QED) is 0.439. The predicted molar refractivity (Wildman–Crippen MR) is 48.5 cm³/mol. The van der Waals surface area contributed by atoms with Gasteiger partial charge in [0.1, 0.15) is 6.29 Å². The summed E-state index contributed by atoms with van der Waals surface area (Å²) in [5, 5.41) is 0. The number of rotatable bonds is 5. The van der Waals surface area contributed by atoms with Crippen molar-refractivity contribution in [1.29, 1.82) is 0 Å². The summed E-state index contributed by atoms with van der Waals surface area (Å²) in [6.45, 7) is 6.39. The fraction of sp³-hybridized carbons (Fsp3) is 0.700. The Kier molecular flexibility index (Phi) is 5.81. The maximum absolute atomic E-state index is 10.0. The Bertz CT molecular complexity index is 132. The zero-order valence-electron chi connectivity index (χ0n) is 7.76. The molecule has 0 saturated heterocycles. The lowest BCUT2D eigenvalue weighted by Gasteiger charge is -2.05. The van der Waals surface area contributed by atoms with Gasteiger partial charge >= 0.3 is 0 Å². The monoisotopic (exact) mass is 154 g/mol. The maximum Gasteiger partial charge on any atom is 0.120 e. The first kappa shape index (κ1) is 10.4. The molecule has 0 fully saturated rings. The number of carbonyl (C=O) groups is 1. The number of hydrogen-bond acceptors (Lipinski definition) is 1. The first-order valence-electron chi connectivity index (χ1n) is 4.23. The van der Waals surface area contributed by atoms with E-state index in [9.17, 15) is 4.79 Å². The molecule has 0 aromatic rings. The smallest absolute Gasteiger partial charge is 0.120 e. The lowest BCUT2D eigenvalue weighted by Crippen LogP contribution is -1.92. The molecule has 0 saturated carbocycles. The Morgan fingerprint density at radius 2 is 2.09 bits per heavy atom. The second-order valence-corrected chi connectivity index (χ2v) is 3.37. The molecule has 1 heteroatoms. The van der Waals surface area contributed by atoms with E-state index in [1.165, 1.54) is 5.57 Å². The molecule has 0 rings (SSSR count). The molecule has 1 nitrogen and oxygen atoms in total. The molecule has 0 bridgehead atoms. The summed E-state index contributed by atoms with van der Waals surface area (Å²) < 4.78 is 0. The second kappa shape index (κ2) is 6.14. The van der Waals surface area contributed by atoms with Crippen molar-refractivity contribution in [2.24, 2.45) is 5.92 Å². The second-order valence-electron chi connectivity index (χ2n) is 3.37. The van der Waals surface area contributed by atoms with Gasteiger partial charge in [0.25, 0.3) is 0 Å². The fourth-order valence-electron chi connectivity index (χ4n) is 0.907. The molecule has 1 unspecified atom stereocenters. The average Bonchev–Trinajstić information content (AvgIpc) is 1.97. The van der Waals surface area contributed by atoms with Crippen LogP contribution in [0.4, 0.5) is 0 Å². The van der Waals surface area contributed by atoms with Gasteiger partial charge in [0.2, 0.25) is 0 Å². The van der Waals surface area contributed by atoms with Crippen LogP contribution in [0.2, 0.25) is 0 Å². The molecule has 0 aliphatic carbocycles. The first-order chi connectivity index (χ1) is 5.16. The van der Waals surface area contributed by atoms with Gasteiger partial charge in [-0.25, -0.2) is 0 Å². The van der Waals surface area contributed by atoms with Gasteiger partial charge in [0.05, 0.1) is 0 Å². The Morgan fingerprint density at radius 3 is 2.55 bits per heavy atom. The minimum Gasteiger partial charge on any atom is -0.303 e. The number of aldehydes is 1. The van der Waals surface area contributed by atoms with E-state index in [0.717, 1.165) is 19.1 Å². The van der Waals surface area contributed by atoms with Gasteiger partial charge < -0.3 is 4.79 Å². The van der Waals surface area contributed by atoms with Crippen molar-refractivity contribution in [2.75, 3.05) is 0 Å². The summed E-state index contributed by atoms with van der Waals surface area (Å²) in [6.07, 6.45) is 6.07. The van der Waals surface area contributed by atoms with Gasteiger partial charge in [0, 0.05) is 6.42 Å². The summed E-state index contributed by atoms with van der Waals surface area (Å²) in [5.41, 5.74) is 1.36.